The molecule has 0 aromatic heterocycles. The van der Waals surface area contributed by atoms with Gasteiger partial charge in [-0.15, -0.1) is 0 Å². The van der Waals surface area contributed by atoms with E-state index in [2.05, 4.69) is 0 Å². The summed E-state index contributed by atoms with van der Waals surface area (Å²) in [5.41, 5.74) is 4.54. The highest BCUT2D eigenvalue weighted by atomic mass is 35.5. The van der Waals surface area contributed by atoms with Gasteiger partial charge in [0.15, 0.2) is 5.75 Å². The Morgan fingerprint density at radius 2 is 2.00 bits per heavy atom. The molecule has 8 nitrogen and oxygen atoms in total. The largest absolute Gasteiger partial charge is 0.494 e. The van der Waals surface area contributed by atoms with Crippen molar-refractivity contribution in [2.45, 2.75) is 4.90 Å². The first-order valence-corrected chi connectivity index (χ1v) is 7.28. The number of benzene rings is 1. The van der Waals surface area contributed by atoms with Gasteiger partial charge in [-0.3, -0.25) is 4.79 Å². The summed E-state index contributed by atoms with van der Waals surface area (Å²) < 4.78 is 30.3. The van der Waals surface area contributed by atoms with Crippen molar-refractivity contribution in [2.24, 2.45) is 5.73 Å². The third-order valence-electron chi connectivity index (χ3n) is 2.52. The Hall–Kier alpha value is -1.84. The topological polar surface area (TPSA) is 127 Å². The number of hydrogen-bond acceptors (Lipinski definition) is 5. The number of sulfonamides is 1. The number of hydrogen-bond donors (Lipinski definition) is 2. The summed E-state index contributed by atoms with van der Waals surface area (Å²) >= 11 is 5.75. The summed E-state index contributed by atoms with van der Waals surface area (Å²) in [7, 11) is -1.94. The second-order valence-electron chi connectivity index (χ2n) is 4.02. The number of likely N-dealkylation sites (N-methyl/N-ethyl adjacent to an activating group) is 1. The summed E-state index contributed by atoms with van der Waals surface area (Å²) in [4.78, 5) is 21.5. The van der Waals surface area contributed by atoms with E-state index in [0.29, 0.717) is 4.31 Å². The van der Waals surface area contributed by atoms with Crippen molar-refractivity contribution in [1.82, 2.24) is 4.31 Å². The lowest BCUT2D eigenvalue weighted by Gasteiger charge is -2.18. The first-order chi connectivity index (χ1) is 9.61. The zero-order chi connectivity index (χ0) is 16.4. The molecule has 0 saturated heterocycles. The van der Waals surface area contributed by atoms with Crippen LogP contribution in [0.5, 0.6) is 5.75 Å². The maximum atomic E-state index is 12.4. The Balaban J connectivity index is 3.55. The van der Waals surface area contributed by atoms with Crippen LogP contribution in [-0.2, 0) is 14.8 Å². The average Bonchev–Trinajstić information content (AvgIpc) is 2.36. The van der Waals surface area contributed by atoms with E-state index in [-0.39, 0.29) is 10.8 Å². The van der Waals surface area contributed by atoms with E-state index in [1.54, 1.807) is 0 Å². The van der Waals surface area contributed by atoms with Gasteiger partial charge in [0, 0.05) is 12.1 Å². The molecule has 0 bridgehead atoms. The number of aromatic carboxylic acids is 1. The molecule has 1 rings (SSSR count). The van der Waals surface area contributed by atoms with E-state index in [4.69, 9.17) is 27.2 Å². The van der Waals surface area contributed by atoms with Gasteiger partial charge in [-0.25, -0.2) is 13.2 Å². The van der Waals surface area contributed by atoms with Gasteiger partial charge >= 0.3 is 5.97 Å². The smallest absolute Gasteiger partial charge is 0.339 e. The Bertz CT molecular complexity index is 688. The first kappa shape index (κ1) is 17.2. The van der Waals surface area contributed by atoms with Crippen molar-refractivity contribution >= 4 is 33.5 Å². The lowest BCUT2D eigenvalue weighted by Crippen LogP contribution is -2.35. The highest BCUT2D eigenvalue weighted by Crippen LogP contribution is 2.33. The van der Waals surface area contributed by atoms with Crippen LogP contribution in [0.3, 0.4) is 0 Å². The maximum Gasteiger partial charge on any atom is 0.339 e. The number of rotatable bonds is 6. The number of methoxy groups -OCH3 is 1. The Morgan fingerprint density at radius 3 is 2.43 bits per heavy atom. The van der Waals surface area contributed by atoms with Crippen LogP contribution in [-0.4, -0.2) is 50.4 Å². The molecule has 0 heterocycles. The van der Waals surface area contributed by atoms with Gasteiger partial charge in [0.25, 0.3) is 0 Å². The van der Waals surface area contributed by atoms with Gasteiger partial charge in [-0.1, -0.05) is 11.6 Å². The number of carboxylic acid groups (broad SMARTS) is 1. The normalized spacial score (nSPS) is 11.4. The number of carbonyl (C=O) groups is 2. The van der Waals surface area contributed by atoms with E-state index in [0.717, 1.165) is 26.3 Å². The second kappa shape index (κ2) is 6.29. The molecule has 0 aliphatic heterocycles. The Morgan fingerprint density at radius 1 is 1.43 bits per heavy atom. The molecule has 0 atom stereocenters. The first-order valence-electron chi connectivity index (χ1n) is 5.46. The van der Waals surface area contributed by atoms with Crippen LogP contribution in [0.4, 0.5) is 0 Å². The summed E-state index contributed by atoms with van der Waals surface area (Å²) in [5, 5.41) is 8.98. The molecule has 0 saturated carbocycles. The number of nitrogens with two attached hydrogens (primary N) is 1. The molecule has 116 valence electrons. The van der Waals surface area contributed by atoms with E-state index in [9.17, 15) is 18.0 Å². The third kappa shape index (κ3) is 3.63. The number of carbonyl (C=O) groups excluding carboxylic acids is 1. The molecule has 0 aliphatic carbocycles. The van der Waals surface area contributed by atoms with Gasteiger partial charge in [0.2, 0.25) is 15.9 Å². The minimum atomic E-state index is -4.20. The fourth-order valence-electron chi connectivity index (χ4n) is 1.60. The van der Waals surface area contributed by atoms with Gasteiger partial charge in [0.05, 0.1) is 13.7 Å². The molecule has 1 aromatic rings. The van der Waals surface area contributed by atoms with Crippen LogP contribution in [0, 0.1) is 0 Å². The standard InChI is InChI=1S/C11H13ClN2O6S/c1-14(5-9(13)15)21(18,19)8-4-6(12)3-7(11(16)17)10(8)20-2/h3-4H,5H2,1-2H3,(H2,13,15)(H,16,17). The summed E-state index contributed by atoms with van der Waals surface area (Å²) in [5.74, 6) is -2.63. The number of nitrogens with zero attached hydrogens (tertiary/aromatic N) is 1. The van der Waals surface area contributed by atoms with Crippen LogP contribution in [0.25, 0.3) is 0 Å². The number of halogens is 1. The van der Waals surface area contributed by atoms with Gasteiger partial charge in [0.1, 0.15) is 10.5 Å². The monoisotopic (exact) mass is 336 g/mol. The molecule has 3 N–H and O–H groups in total. The number of carboxylic acids is 1. The van der Waals surface area contributed by atoms with Crippen molar-refractivity contribution in [1.29, 1.82) is 0 Å². The minimum Gasteiger partial charge on any atom is -0.494 e. The average molecular weight is 337 g/mol. The maximum absolute atomic E-state index is 12.4. The van der Waals surface area contributed by atoms with E-state index >= 15 is 0 Å². The summed E-state index contributed by atoms with van der Waals surface area (Å²) in [6.07, 6.45) is 0. The van der Waals surface area contributed by atoms with Crippen LogP contribution in [0.1, 0.15) is 10.4 Å². The number of primary amides is 1. The fourth-order valence-corrected chi connectivity index (χ4v) is 3.22. The molecule has 0 aliphatic rings. The quantitative estimate of drug-likeness (QED) is 0.761. The molecular weight excluding hydrogens is 324 g/mol. The molecule has 10 heteroatoms. The molecule has 0 fully saturated rings. The van der Waals surface area contributed by atoms with Crippen LogP contribution >= 0.6 is 11.6 Å². The molecule has 1 amide bonds. The van der Waals surface area contributed by atoms with Crippen LogP contribution < -0.4 is 10.5 Å². The lowest BCUT2D eigenvalue weighted by molar-refractivity contribution is -0.118. The zero-order valence-corrected chi connectivity index (χ0v) is 12.7. The molecule has 0 unspecified atom stereocenters. The molecular formula is C11H13ClN2O6S. The third-order valence-corrected chi connectivity index (χ3v) is 4.55. The van der Waals surface area contributed by atoms with Crippen molar-refractivity contribution in [3.8, 4) is 5.75 Å². The molecule has 0 radical (unpaired) electrons. The zero-order valence-electron chi connectivity index (χ0n) is 11.2. The van der Waals surface area contributed by atoms with Crippen LogP contribution in [0.2, 0.25) is 5.02 Å². The minimum absolute atomic E-state index is 0.0979. The van der Waals surface area contributed by atoms with Crippen molar-refractivity contribution < 1.29 is 27.9 Å². The van der Waals surface area contributed by atoms with E-state index in [1.165, 1.54) is 0 Å². The van der Waals surface area contributed by atoms with Gasteiger partial charge in [-0.05, 0) is 12.1 Å². The van der Waals surface area contributed by atoms with E-state index < -0.39 is 38.9 Å². The predicted octanol–water partition coefficient (Wildman–Crippen LogP) is 0.153. The molecule has 0 spiro atoms. The van der Waals surface area contributed by atoms with Crippen molar-refractivity contribution in [3.05, 3.63) is 22.7 Å². The summed E-state index contributed by atoms with van der Waals surface area (Å²) in [6, 6.07) is 2.11. The lowest BCUT2D eigenvalue weighted by atomic mass is 10.2. The highest BCUT2D eigenvalue weighted by Gasteiger charge is 2.29. The van der Waals surface area contributed by atoms with Crippen LogP contribution in [0.15, 0.2) is 17.0 Å². The SMILES string of the molecule is COc1c(C(=O)O)cc(Cl)cc1S(=O)(=O)N(C)CC(N)=O. The van der Waals surface area contributed by atoms with Gasteiger partial charge < -0.3 is 15.6 Å². The van der Waals surface area contributed by atoms with Gasteiger partial charge in [-0.2, -0.15) is 4.31 Å². The second-order valence-corrected chi connectivity index (χ2v) is 6.47. The van der Waals surface area contributed by atoms with E-state index in [1.807, 2.05) is 0 Å². The summed E-state index contributed by atoms with van der Waals surface area (Å²) in [6.45, 7) is -0.569. The molecule has 1 aromatic carbocycles. The Kier molecular flexibility index (Phi) is 5.15. The number of amides is 1. The fraction of sp³-hybridized carbons (Fsp3) is 0.273. The Labute approximate surface area is 126 Å². The predicted molar refractivity (Wildman–Crippen MR) is 74.0 cm³/mol. The number of ether oxygens (including phenoxy) is 1. The van der Waals surface area contributed by atoms with Crippen molar-refractivity contribution in [3.63, 3.8) is 0 Å². The van der Waals surface area contributed by atoms with Crippen molar-refractivity contribution in [2.75, 3.05) is 20.7 Å². The molecule has 21 heavy (non-hydrogen) atoms. The highest BCUT2D eigenvalue weighted by molar-refractivity contribution is 7.89.